The molecule has 18 heavy (non-hydrogen) atoms. The standard InChI is InChI=1S/C18H34/c1-3-5-7-9-11-13-15-17-18-16-14-12-10-8-6-4-2/h11,13,15,17H,3-10,12,14,16,18H2,1-2H3/b13-11-,17-15+. The fourth-order valence-corrected chi connectivity index (χ4v) is 2.08. The Bertz CT molecular complexity index is 188. The Hall–Kier alpha value is -0.520. The Labute approximate surface area is 116 Å². The van der Waals surface area contributed by atoms with Crippen LogP contribution in [-0.4, -0.2) is 0 Å². The van der Waals surface area contributed by atoms with Gasteiger partial charge >= 0.3 is 0 Å². The first-order valence-corrected chi connectivity index (χ1v) is 8.23. The molecule has 0 aliphatic carbocycles. The molecule has 0 aliphatic rings. The molecule has 0 nitrogen and oxygen atoms in total. The highest BCUT2D eigenvalue weighted by atomic mass is 13.9. The van der Waals surface area contributed by atoms with Crippen LogP contribution in [-0.2, 0) is 0 Å². The highest BCUT2D eigenvalue weighted by Crippen LogP contribution is 2.08. The number of hydrogen-bond acceptors (Lipinski definition) is 0. The molecule has 0 bridgehead atoms. The molecular formula is C18H34. The van der Waals surface area contributed by atoms with Crippen molar-refractivity contribution in [3.63, 3.8) is 0 Å². The third-order valence-corrected chi connectivity index (χ3v) is 3.33. The van der Waals surface area contributed by atoms with Crippen molar-refractivity contribution < 1.29 is 0 Å². The van der Waals surface area contributed by atoms with Gasteiger partial charge in [0.1, 0.15) is 0 Å². The van der Waals surface area contributed by atoms with Crippen molar-refractivity contribution in [3.8, 4) is 0 Å². The van der Waals surface area contributed by atoms with E-state index in [0.29, 0.717) is 0 Å². The zero-order valence-corrected chi connectivity index (χ0v) is 12.8. The zero-order valence-electron chi connectivity index (χ0n) is 12.8. The van der Waals surface area contributed by atoms with E-state index in [9.17, 15) is 0 Å². The fourth-order valence-electron chi connectivity index (χ4n) is 2.08. The first-order valence-electron chi connectivity index (χ1n) is 8.23. The van der Waals surface area contributed by atoms with Crippen LogP contribution in [0.1, 0.15) is 90.9 Å². The molecule has 0 aromatic carbocycles. The summed E-state index contributed by atoms with van der Waals surface area (Å²) in [5.74, 6) is 0. The van der Waals surface area contributed by atoms with Crippen LogP contribution in [0.25, 0.3) is 0 Å². The molecule has 0 aliphatic heterocycles. The highest BCUT2D eigenvalue weighted by molar-refractivity contribution is 5.02. The van der Waals surface area contributed by atoms with Gasteiger partial charge in [-0.05, 0) is 25.7 Å². The number of rotatable bonds is 13. The summed E-state index contributed by atoms with van der Waals surface area (Å²) in [5, 5.41) is 0. The maximum atomic E-state index is 2.32. The van der Waals surface area contributed by atoms with E-state index in [-0.39, 0.29) is 0 Å². The monoisotopic (exact) mass is 250 g/mol. The van der Waals surface area contributed by atoms with E-state index in [1.807, 2.05) is 0 Å². The van der Waals surface area contributed by atoms with E-state index >= 15 is 0 Å². The molecule has 0 spiro atoms. The molecule has 0 aromatic rings. The summed E-state index contributed by atoms with van der Waals surface area (Å²) < 4.78 is 0. The molecule has 0 rings (SSSR count). The van der Waals surface area contributed by atoms with Crippen LogP contribution in [0.5, 0.6) is 0 Å². The second-order valence-corrected chi connectivity index (χ2v) is 5.26. The van der Waals surface area contributed by atoms with Crippen LogP contribution < -0.4 is 0 Å². The normalized spacial score (nSPS) is 11.9. The molecule has 0 heteroatoms. The Morgan fingerprint density at radius 1 is 0.500 bits per heavy atom. The average molecular weight is 250 g/mol. The van der Waals surface area contributed by atoms with E-state index in [4.69, 9.17) is 0 Å². The third kappa shape index (κ3) is 15.5. The molecule has 0 aromatic heterocycles. The van der Waals surface area contributed by atoms with Gasteiger partial charge in [-0.2, -0.15) is 0 Å². The lowest BCUT2D eigenvalue weighted by Gasteiger charge is -1.98. The summed E-state index contributed by atoms with van der Waals surface area (Å²) in [5.41, 5.74) is 0. The molecule has 0 unspecified atom stereocenters. The molecule has 0 saturated heterocycles. The summed E-state index contributed by atoms with van der Waals surface area (Å²) in [6, 6.07) is 0. The third-order valence-electron chi connectivity index (χ3n) is 3.33. The van der Waals surface area contributed by atoms with Gasteiger partial charge in [-0.3, -0.25) is 0 Å². The van der Waals surface area contributed by atoms with Crippen LogP contribution in [0.3, 0.4) is 0 Å². The van der Waals surface area contributed by atoms with Crippen LogP contribution in [0.15, 0.2) is 24.3 Å². The maximum absolute atomic E-state index is 2.32. The maximum Gasteiger partial charge on any atom is -0.0348 e. The van der Waals surface area contributed by atoms with Crippen molar-refractivity contribution in [2.24, 2.45) is 0 Å². The first-order chi connectivity index (χ1) is 8.91. The molecular weight excluding hydrogens is 216 g/mol. The van der Waals surface area contributed by atoms with Crippen molar-refractivity contribution >= 4 is 0 Å². The summed E-state index contributed by atoms with van der Waals surface area (Å²) >= 11 is 0. The molecule has 0 atom stereocenters. The quantitative estimate of drug-likeness (QED) is 0.248. The van der Waals surface area contributed by atoms with Gasteiger partial charge in [0, 0.05) is 0 Å². The van der Waals surface area contributed by atoms with Gasteiger partial charge in [0.15, 0.2) is 0 Å². The predicted molar refractivity (Wildman–Crippen MR) is 85.0 cm³/mol. The van der Waals surface area contributed by atoms with Crippen molar-refractivity contribution in [3.05, 3.63) is 24.3 Å². The minimum absolute atomic E-state index is 1.25. The van der Waals surface area contributed by atoms with Crippen molar-refractivity contribution in [2.75, 3.05) is 0 Å². The predicted octanol–water partition coefficient (Wildman–Crippen LogP) is 6.82. The Morgan fingerprint density at radius 2 is 0.889 bits per heavy atom. The van der Waals surface area contributed by atoms with Crippen molar-refractivity contribution in [2.45, 2.75) is 90.9 Å². The molecule has 0 heterocycles. The summed E-state index contributed by atoms with van der Waals surface area (Å²) in [6.07, 6.45) is 25.5. The second kappa shape index (κ2) is 16.5. The van der Waals surface area contributed by atoms with Crippen LogP contribution >= 0.6 is 0 Å². The van der Waals surface area contributed by atoms with Gasteiger partial charge in [-0.1, -0.05) is 89.5 Å². The largest absolute Gasteiger partial charge is 0.0845 e. The van der Waals surface area contributed by atoms with Crippen molar-refractivity contribution in [1.82, 2.24) is 0 Å². The minimum atomic E-state index is 1.25. The molecule has 0 saturated carbocycles. The SMILES string of the molecule is CCCCC/C=C\C=C\CCCCCCCCC. The van der Waals surface area contributed by atoms with Gasteiger partial charge in [0.25, 0.3) is 0 Å². The van der Waals surface area contributed by atoms with Gasteiger partial charge in [0.05, 0.1) is 0 Å². The van der Waals surface area contributed by atoms with E-state index < -0.39 is 0 Å². The van der Waals surface area contributed by atoms with Crippen LogP contribution in [0.4, 0.5) is 0 Å². The summed E-state index contributed by atoms with van der Waals surface area (Å²) in [4.78, 5) is 0. The molecule has 0 amide bonds. The molecule has 0 N–H and O–H groups in total. The lowest BCUT2D eigenvalue weighted by Crippen LogP contribution is -1.78. The van der Waals surface area contributed by atoms with E-state index in [1.165, 1.54) is 77.0 Å². The number of allylic oxidation sites excluding steroid dienone is 4. The Morgan fingerprint density at radius 3 is 1.44 bits per heavy atom. The zero-order chi connectivity index (χ0) is 13.3. The topological polar surface area (TPSA) is 0 Å². The van der Waals surface area contributed by atoms with Gasteiger partial charge in [0.2, 0.25) is 0 Å². The highest BCUT2D eigenvalue weighted by Gasteiger charge is 1.88. The van der Waals surface area contributed by atoms with Gasteiger partial charge in [-0.15, -0.1) is 0 Å². The number of unbranched alkanes of at least 4 members (excludes halogenated alkanes) is 10. The van der Waals surface area contributed by atoms with Crippen LogP contribution in [0.2, 0.25) is 0 Å². The Kier molecular flexibility index (Phi) is 16.0. The summed E-state index contributed by atoms with van der Waals surface area (Å²) in [6.45, 7) is 4.53. The average Bonchev–Trinajstić information content (AvgIpc) is 2.39. The smallest absolute Gasteiger partial charge is 0.0348 e. The number of hydrogen-bond donors (Lipinski definition) is 0. The minimum Gasteiger partial charge on any atom is -0.0845 e. The van der Waals surface area contributed by atoms with Crippen LogP contribution in [0, 0.1) is 0 Å². The van der Waals surface area contributed by atoms with E-state index in [0.717, 1.165) is 0 Å². The molecule has 0 radical (unpaired) electrons. The van der Waals surface area contributed by atoms with Gasteiger partial charge in [-0.25, -0.2) is 0 Å². The van der Waals surface area contributed by atoms with E-state index in [2.05, 4.69) is 38.2 Å². The van der Waals surface area contributed by atoms with E-state index in [1.54, 1.807) is 0 Å². The second-order valence-electron chi connectivity index (χ2n) is 5.26. The molecule has 0 fully saturated rings. The summed E-state index contributed by atoms with van der Waals surface area (Å²) in [7, 11) is 0. The first kappa shape index (κ1) is 17.5. The Balaban J connectivity index is 3.13. The fraction of sp³-hybridized carbons (Fsp3) is 0.778. The lowest BCUT2D eigenvalue weighted by atomic mass is 10.1. The van der Waals surface area contributed by atoms with Gasteiger partial charge < -0.3 is 0 Å². The lowest BCUT2D eigenvalue weighted by molar-refractivity contribution is 0.592. The van der Waals surface area contributed by atoms with Crippen molar-refractivity contribution in [1.29, 1.82) is 0 Å². The molecule has 106 valence electrons.